The fourth-order valence-corrected chi connectivity index (χ4v) is 2.18. The molecule has 0 aromatic carbocycles. The molecular formula is C10H11N5O2S. The van der Waals surface area contributed by atoms with E-state index >= 15 is 0 Å². The summed E-state index contributed by atoms with van der Waals surface area (Å²) in [7, 11) is 0. The highest BCUT2D eigenvalue weighted by atomic mass is 32.2. The second kappa shape index (κ2) is 5.05. The van der Waals surface area contributed by atoms with Gasteiger partial charge in [-0.25, -0.2) is 14.8 Å². The minimum atomic E-state index is -1.09. The molecule has 0 fully saturated rings. The third kappa shape index (κ3) is 2.14. The van der Waals surface area contributed by atoms with Crippen LogP contribution >= 0.6 is 11.8 Å². The number of anilines is 1. The van der Waals surface area contributed by atoms with Gasteiger partial charge in [0.1, 0.15) is 22.7 Å². The van der Waals surface area contributed by atoms with Crippen LogP contribution in [-0.4, -0.2) is 36.6 Å². The summed E-state index contributed by atoms with van der Waals surface area (Å²) < 4.78 is 1.31. The van der Waals surface area contributed by atoms with Gasteiger partial charge in [0.15, 0.2) is 5.82 Å². The number of carboxylic acid groups (broad SMARTS) is 1. The number of thioether (sulfide) groups is 1. The van der Waals surface area contributed by atoms with E-state index in [2.05, 4.69) is 15.1 Å². The van der Waals surface area contributed by atoms with Crippen LogP contribution in [0.25, 0.3) is 5.82 Å². The van der Waals surface area contributed by atoms with Crippen molar-refractivity contribution < 1.29 is 9.90 Å². The van der Waals surface area contributed by atoms with E-state index in [1.54, 1.807) is 6.07 Å². The Kier molecular flexibility index (Phi) is 3.47. The molecule has 94 valence electrons. The number of nitrogens with zero attached hydrogens (tertiary/aromatic N) is 4. The number of rotatable bonds is 4. The summed E-state index contributed by atoms with van der Waals surface area (Å²) in [5.41, 5.74) is 5.83. The van der Waals surface area contributed by atoms with Gasteiger partial charge in [0, 0.05) is 12.3 Å². The lowest BCUT2D eigenvalue weighted by molar-refractivity contribution is 0.0694. The van der Waals surface area contributed by atoms with Crippen molar-refractivity contribution in [1.29, 1.82) is 0 Å². The Hall–Kier alpha value is -2.09. The molecule has 2 aromatic heterocycles. The molecule has 0 aliphatic carbocycles. The number of nitrogens with two attached hydrogens (primary N) is 1. The number of aromatic nitrogens is 4. The maximum atomic E-state index is 11.2. The predicted octanol–water partition coefficient (Wildman–Crippen LogP) is 1.05. The number of carboxylic acids is 1. The molecule has 0 spiro atoms. The summed E-state index contributed by atoms with van der Waals surface area (Å²) in [5, 5.41) is 13.7. The van der Waals surface area contributed by atoms with Crippen LogP contribution in [-0.2, 0) is 0 Å². The zero-order valence-corrected chi connectivity index (χ0v) is 10.4. The van der Waals surface area contributed by atoms with E-state index in [0.717, 1.165) is 0 Å². The SMILES string of the molecule is CCSc1nn(-c2ccncn2)c(N)c1C(=O)O. The zero-order chi connectivity index (χ0) is 13.1. The minimum absolute atomic E-state index is 0.0143. The summed E-state index contributed by atoms with van der Waals surface area (Å²) in [5.74, 6) is 0.120. The second-order valence-corrected chi connectivity index (χ2v) is 4.54. The van der Waals surface area contributed by atoms with Gasteiger partial charge in [0.25, 0.3) is 0 Å². The van der Waals surface area contributed by atoms with Crippen LogP contribution in [0.3, 0.4) is 0 Å². The average Bonchev–Trinajstić information content (AvgIpc) is 2.68. The second-order valence-electron chi connectivity index (χ2n) is 3.28. The number of hydrogen-bond acceptors (Lipinski definition) is 6. The number of hydrogen-bond donors (Lipinski definition) is 2. The number of carbonyl (C=O) groups is 1. The van der Waals surface area contributed by atoms with Crippen molar-refractivity contribution in [1.82, 2.24) is 19.7 Å². The fraction of sp³-hybridized carbons (Fsp3) is 0.200. The Balaban J connectivity index is 2.57. The molecule has 0 aliphatic rings. The van der Waals surface area contributed by atoms with E-state index in [1.165, 1.54) is 29.0 Å². The largest absolute Gasteiger partial charge is 0.477 e. The van der Waals surface area contributed by atoms with Crippen molar-refractivity contribution >= 4 is 23.5 Å². The zero-order valence-electron chi connectivity index (χ0n) is 9.57. The minimum Gasteiger partial charge on any atom is -0.477 e. The third-order valence-electron chi connectivity index (χ3n) is 2.17. The smallest absolute Gasteiger partial charge is 0.342 e. The van der Waals surface area contributed by atoms with Gasteiger partial charge in [0.2, 0.25) is 0 Å². The number of nitrogen functional groups attached to an aromatic ring is 1. The Labute approximate surface area is 107 Å². The van der Waals surface area contributed by atoms with Crippen molar-refractivity contribution in [2.75, 3.05) is 11.5 Å². The van der Waals surface area contributed by atoms with Crippen LogP contribution in [0, 0.1) is 0 Å². The molecule has 0 amide bonds. The number of aromatic carboxylic acids is 1. The van der Waals surface area contributed by atoms with Gasteiger partial charge in [-0.3, -0.25) is 0 Å². The van der Waals surface area contributed by atoms with Crippen LogP contribution in [0.1, 0.15) is 17.3 Å². The fourth-order valence-electron chi connectivity index (χ4n) is 1.43. The highest BCUT2D eigenvalue weighted by Gasteiger charge is 2.22. The molecule has 0 atom stereocenters. The van der Waals surface area contributed by atoms with Gasteiger partial charge in [-0.1, -0.05) is 6.92 Å². The molecule has 0 aliphatic heterocycles. The van der Waals surface area contributed by atoms with E-state index < -0.39 is 5.97 Å². The van der Waals surface area contributed by atoms with Crippen LogP contribution in [0.15, 0.2) is 23.6 Å². The Bertz CT molecular complexity index is 569. The standard InChI is InChI=1S/C10H11N5O2S/c1-2-18-9-7(10(16)17)8(11)15(14-9)6-3-4-12-5-13-6/h3-5H,2,11H2,1H3,(H,16,17). The Morgan fingerprint density at radius 3 is 2.94 bits per heavy atom. The van der Waals surface area contributed by atoms with E-state index in [1.807, 2.05) is 6.92 Å². The maximum Gasteiger partial charge on any atom is 0.342 e. The third-order valence-corrected chi connectivity index (χ3v) is 3.02. The monoisotopic (exact) mass is 265 g/mol. The van der Waals surface area contributed by atoms with E-state index in [-0.39, 0.29) is 11.4 Å². The molecular weight excluding hydrogens is 254 g/mol. The molecule has 0 bridgehead atoms. The highest BCUT2D eigenvalue weighted by Crippen LogP contribution is 2.27. The van der Waals surface area contributed by atoms with E-state index in [4.69, 9.17) is 10.8 Å². The first-order chi connectivity index (χ1) is 8.65. The van der Waals surface area contributed by atoms with Crippen LogP contribution in [0.4, 0.5) is 5.82 Å². The molecule has 0 saturated carbocycles. The summed E-state index contributed by atoms with van der Waals surface area (Å²) >= 11 is 1.32. The summed E-state index contributed by atoms with van der Waals surface area (Å²) in [6, 6.07) is 1.61. The van der Waals surface area contributed by atoms with Crippen molar-refractivity contribution in [3.05, 3.63) is 24.2 Å². The maximum absolute atomic E-state index is 11.2. The molecule has 3 N–H and O–H groups in total. The van der Waals surface area contributed by atoms with Gasteiger partial charge in [-0.15, -0.1) is 11.8 Å². The predicted molar refractivity (Wildman–Crippen MR) is 66.9 cm³/mol. The highest BCUT2D eigenvalue weighted by molar-refractivity contribution is 7.99. The van der Waals surface area contributed by atoms with Crippen LogP contribution < -0.4 is 5.73 Å². The van der Waals surface area contributed by atoms with Gasteiger partial charge >= 0.3 is 5.97 Å². The average molecular weight is 265 g/mol. The molecule has 2 aromatic rings. The summed E-state index contributed by atoms with van der Waals surface area (Å²) in [6.45, 7) is 1.91. The molecule has 8 heteroatoms. The normalized spacial score (nSPS) is 10.5. The topological polar surface area (TPSA) is 107 Å². The summed E-state index contributed by atoms with van der Waals surface area (Å²) in [6.07, 6.45) is 2.89. The summed E-state index contributed by atoms with van der Waals surface area (Å²) in [4.78, 5) is 19.0. The molecule has 18 heavy (non-hydrogen) atoms. The van der Waals surface area contributed by atoms with Gasteiger partial charge in [-0.05, 0) is 5.75 Å². The Morgan fingerprint density at radius 2 is 2.39 bits per heavy atom. The van der Waals surface area contributed by atoms with E-state index in [9.17, 15) is 4.79 Å². The van der Waals surface area contributed by atoms with Crippen molar-refractivity contribution in [2.45, 2.75) is 11.9 Å². The molecule has 2 rings (SSSR count). The molecule has 0 unspecified atom stereocenters. The van der Waals surface area contributed by atoms with Crippen molar-refractivity contribution in [3.63, 3.8) is 0 Å². The first-order valence-electron chi connectivity index (χ1n) is 5.16. The van der Waals surface area contributed by atoms with Crippen molar-refractivity contribution in [3.8, 4) is 5.82 Å². The first-order valence-corrected chi connectivity index (χ1v) is 6.14. The van der Waals surface area contributed by atoms with Crippen molar-refractivity contribution in [2.24, 2.45) is 0 Å². The lowest BCUT2D eigenvalue weighted by Gasteiger charge is -2.01. The van der Waals surface area contributed by atoms with Crippen LogP contribution in [0.5, 0.6) is 0 Å². The molecule has 0 saturated heterocycles. The lowest BCUT2D eigenvalue weighted by Crippen LogP contribution is -2.07. The molecule has 2 heterocycles. The lowest BCUT2D eigenvalue weighted by atomic mass is 10.3. The van der Waals surface area contributed by atoms with Gasteiger partial charge < -0.3 is 10.8 Å². The quantitative estimate of drug-likeness (QED) is 0.796. The van der Waals surface area contributed by atoms with Gasteiger partial charge in [0.05, 0.1) is 0 Å². The molecule has 0 radical (unpaired) electrons. The van der Waals surface area contributed by atoms with Gasteiger partial charge in [-0.2, -0.15) is 9.78 Å². The first kappa shape index (κ1) is 12.4. The molecule has 7 nitrogen and oxygen atoms in total. The Morgan fingerprint density at radius 1 is 1.61 bits per heavy atom. The van der Waals surface area contributed by atoms with Crippen LogP contribution in [0.2, 0.25) is 0 Å². The van der Waals surface area contributed by atoms with E-state index in [0.29, 0.717) is 16.6 Å².